The van der Waals surface area contributed by atoms with Crippen molar-refractivity contribution in [1.82, 2.24) is 30.1 Å². The van der Waals surface area contributed by atoms with Crippen molar-refractivity contribution >= 4 is 12.0 Å². The Kier molecular flexibility index (Phi) is 10.7. The molecule has 1 aliphatic rings. The number of halogens is 3. The number of piperidine rings is 1. The Hall–Kier alpha value is -2.41. The van der Waals surface area contributed by atoms with Crippen molar-refractivity contribution in [3.8, 4) is 0 Å². The molecule has 0 spiro atoms. The maximum Gasteiger partial charge on any atom is 0.490 e. The number of aliphatic carboxylic acids is 1. The summed E-state index contributed by atoms with van der Waals surface area (Å²) in [6, 6.07) is 0.214. The average molecular weight is 452 g/mol. The molecule has 0 aromatic carbocycles. The van der Waals surface area contributed by atoms with E-state index in [2.05, 4.69) is 15.6 Å². The van der Waals surface area contributed by atoms with E-state index in [0.717, 1.165) is 38.2 Å². The number of hydrogen-bond acceptors (Lipinski definition) is 6. The van der Waals surface area contributed by atoms with Crippen LogP contribution in [0, 0.1) is 5.92 Å². The second-order valence-corrected chi connectivity index (χ2v) is 7.73. The molecule has 0 atom stereocenters. The van der Waals surface area contributed by atoms with Gasteiger partial charge >= 0.3 is 18.2 Å². The van der Waals surface area contributed by atoms with Gasteiger partial charge < -0.3 is 20.4 Å². The normalized spacial score (nSPS) is 15.1. The van der Waals surface area contributed by atoms with Crippen molar-refractivity contribution < 1.29 is 33.0 Å². The SMILES string of the molecule is CC(C)NC(=O)N1CCC(Cn2cc(CN(C)CCO)nn2)CC1.O=C(O)C(F)(F)F. The highest BCUT2D eigenvalue weighted by Gasteiger charge is 2.38. The van der Waals surface area contributed by atoms with Gasteiger partial charge in [0, 0.05) is 45.0 Å². The van der Waals surface area contributed by atoms with E-state index in [9.17, 15) is 18.0 Å². The Labute approximate surface area is 179 Å². The molecule has 3 N–H and O–H groups in total. The zero-order valence-corrected chi connectivity index (χ0v) is 18.0. The molecule has 0 bridgehead atoms. The molecule has 2 rings (SSSR count). The van der Waals surface area contributed by atoms with E-state index in [1.807, 2.05) is 41.6 Å². The number of carbonyl (C=O) groups excluding carboxylic acids is 1. The maximum absolute atomic E-state index is 12.0. The summed E-state index contributed by atoms with van der Waals surface area (Å²) >= 11 is 0. The molecular formula is C18H31F3N6O4. The number of hydrogen-bond donors (Lipinski definition) is 3. The first-order valence-corrected chi connectivity index (χ1v) is 9.96. The van der Waals surface area contributed by atoms with E-state index in [1.54, 1.807) is 0 Å². The van der Waals surface area contributed by atoms with E-state index < -0.39 is 12.1 Å². The number of aliphatic hydroxyl groups is 1. The predicted molar refractivity (Wildman–Crippen MR) is 105 cm³/mol. The minimum atomic E-state index is -5.08. The second-order valence-electron chi connectivity index (χ2n) is 7.73. The van der Waals surface area contributed by atoms with Crippen LogP contribution in [0.4, 0.5) is 18.0 Å². The largest absolute Gasteiger partial charge is 0.490 e. The summed E-state index contributed by atoms with van der Waals surface area (Å²) in [6.45, 7) is 7.85. The van der Waals surface area contributed by atoms with Crippen molar-refractivity contribution in [2.75, 3.05) is 33.3 Å². The van der Waals surface area contributed by atoms with E-state index in [0.29, 0.717) is 19.0 Å². The standard InChI is InChI=1S/C16H30N6O2.C2HF3O2/c1-13(2)17-16(24)21-6-4-14(5-7-21)10-22-12-15(18-19-22)11-20(3)8-9-23;3-2(4,5)1(6)7/h12-14,23H,4-11H2,1-3H3,(H,17,24);(H,6,7). The summed E-state index contributed by atoms with van der Waals surface area (Å²) in [6.07, 6.45) is -1.12. The Bertz CT molecular complexity index is 690. The molecule has 2 amide bonds. The molecule has 1 aromatic heterocycles. The number of likely N-dealkylation sites (tertiary alicyclic amines) is 1. The number of alkyl halides is 3. The number of likely N-dealkylation sites (N-methyl/N-ethyl adjacent to an activating group) is 1. The van der Waals surface area contributed by atoms with Crippen LogP contribution >= 0.6 is 0 Å². The first-order chi connectivity index (χ1) is 14.4. The molecule has 0 unspecified atom stereocenters. The summed E-state index contributed by atoms with van der Waals surface area (Å²) < 4.78 is 33.6. The first-order valence-electron chi connectivity index (χ1n) is 9.96. The maximum atomic E-state index is 12.0. The van der Waals surface area contributed by atoms with Gasteiger partial charge in [0.1, 0.15) is 0 Å². The third-order valence-corrected chi connectivity index (χ3v) is 4.50. The lowest BCUT2D eigenvalue weighted by Crippen LogP contribution is -2.46. The molecule has 13 heteroatoms. The number of nitrogens with zero attached hydrogens (tertiary/aromatic N) is 5. The van der Waals surface area contributed by atoms with Crippen LogP contribution in [-0.4, -0.2) is 92.5 Å². The zero-order chi connectivity index (χ0) is 23.6. The highest BCUT2D eigenvalue weighted by molar-refractivity contribution is 5.74. The number of urea groups is 1. The number of aliphatic hydroxyl groups excluding tert-OH is 1. The van der Waals surface area contributed by atoms with Crippen LogP contribution in [0.15, 0.2) is 6.20 Å². The minimum absolute atomic E-state index is 0.0402. The van der Waals surface area contributed by atoms with Crippen molar-refractivity contribution in [3.63, 3.8) is 0 Å². The van der Waals surface area contributed by atoms with Crippen molar-refractivity contribution in [2.45, 2.75) is 52.0 Å². The topological polar surface area (TPSA) is 124 Å². The predicted octanol–water partition coefficient (Wildman–Crippen LogP) is 1.17. The van der Waals surface area contributed by atoms with Gasteiger partial charge in [-0.25, -0.2) is 9.59 Å². The van der Waals surface area contributed by atoms with E-state index in [-0.39, 0.29) is 18.7 Å². The number of carboxylic acid groups (broad SMARTS) is 1. The van der Waals surface area contributed by atoms with Crippen molar-refractivity contribution in [3.05, 3.63) is 11.9 Å². The van der Waals surface area contributed by atoms with Gasteiger partial charge in [0.25, 0.3) is 0 Å². The summed E-state index contributed by atoms with van der Waals surface area (Å²) in [5.74, 6) is -2.23. The van der Waals surface area contributed by atoms with Crippen LogP contribution in [0.5, 0.6) is 0 Å². The molecule has 1 aliphatic heterocycles. The quantitative estimate of drug-likeness (QED) is 0.567. The molecule has 31 heavy (non-hydrogen) atoms. The van der Waals surface area contributed by atoms with Crippen LogP contribution in [0.1, 0.15) is 32.4 Å². The monoisotopic (exact) mass is 452 g/mol. The molecule has 10 nitrogen and oxygen atoms in total. The van der Waals surface area contributed by atoms with E-state index >= 15 is 0 Å². The van der Waals surface area contributed by atoms with Crippen LogP contribution < -0.4 is 5.32 Å². The Morgan fingerprint density at radius 3 is 2.39 bits per heavy atom. The highest BCUT2D eigenvalue weighted by Crippen LogP contribution is 2.19. The van der Waals surface area contributed by atoms with Crippen molar-refractivity contribution in [2.24, 2.45) is 5.92 Å². The first kappa shape index (κ1) is 26.6. The number of rotatable bonds is 7. The van der Waals surface area contributed by atoms with Crippen LogP contribution in [0.3, 0.4) is 0 Å². The molecule has 1 saturated heterocycles. The highest BCUT2D eigenvalue weighted by atomic mass is 19.4. The van der Waals surface area contributed by atoms with Crippen molar-refractivity contribution in [1.29, 1.82) is 0 Å². The van der Waals surface area contributed by atoms with Gasteiger partial charge in [0.15, 0.2) is 0 Å². The summed E-state index contributed by atoms with van der Waals surface area (Å²) in [4.78, 5) is 24.8. The molecule has 178 valence electrons. The fourth-order valence-electron chi connectivity index (χ4n) is 2.95. The van der Waals surface area contributed by atoms with Gasteiger partial charge in [-0.05, 0) is 39.7 Å². The Morgan fingerprint density at radius 2 is 1.90 bits per heavy atom. The van der Waals surface area contributed by atoms with Gasteiger partial charge in [-0.3, -0.25) is 9.58 Å². The minimum Gasteiger partial charge on any atom is -0.475 e. The lowest BCUT2D eigenvalue weighted by Gasteiger charge is -2.32. The number of carboxylic acids is 1. The average Bonchev–Trinajstić information content (AvgIpc) is 3.08. The lowest BCUT2D eigenvalue weighted by molar-refractivity contribution is -0.192. The number of amides is 2. The van der Waals surface area contributed by atoms with Gasteiger partial charge in [-0.15, -0.1) is 5.10 Å². The van der Waals surface area contributed by atoms with Crippen LogP contribution in [0.25, 0.3) is 0 Å². The molecule has 0 radical (unpaired) electrons. The number of aromatic nitrogens is 3. The Balaban J connectivity index is 0.000000592. The molecule has 0 saturated carbocycles. The van der Waals surface area contributed by atoms with Crippen LogP contribution in [-0.2, 0) is 17.9 Å². The molecular weight excluding hydrogens is 421 g/mol. The van der Waals surface area contributed by atoms with Crippen LogP contribution in [0.2, 0.25) is 0 Å². The summed E-state index contributed by atoms with van der Waals surface area (Å²) in [5.41, 5.74) is 0.916. The van der Waals surface area contributed by atoms with Gasteiger partial charge in [-0.1, -0.05) is 5.21 Å². The third-order valence-electron chi connectivity index (χ3n) is 4.50. The lowest BCUT2D eigenvalue weighted by atomic mass is 9.97. The van der Waals surface area contributed by atoms with E-state index in [4.69, 9.17) is 15.0 Å². The summed E-state index contributed by atoms with van der Waals surface area (Å²) in [7, 11) is 1.95. The summed E-state index contributed by atoms with van der Waals surface area (Å²) in [5, 5.41) is 27.4. The van der Waals surface area contributed by atoms with Gasteiger partial charge in [-0.2, -0.15) is 13.2 Å². The molecule has 1 fully saturated rings. The van der Waals surface area contributed by atoms with E-state index in [1.165, 1.54) is 0 Å². The fourth-order valence-corrected chi connectivity index (χ4v) is 2.95. The number of carbonyl (C=O) groups is 2. The fraction of sp³-hybridized carbons (Fsp3) is 0.778. The second kappa shape index (κ2) is 12.4. The van der Waals surface area contributed by atoms with Gasteiger partial charge in [0.2, 0.25) is 0 Å². The Morgan fingerprint density at radius 1 is 1.32 bits per heavy atom. The number of nitrogens with one attached hydrogen (secondary N) is 1. The van der Waals surface area contributed by atoms with Gasteiger partial charge in [0.05, 0.1) is 12.3 Å². The molecule has 1 aromatic rings. The third kappa shape index (κ3) is 10.4. The smallest absolute Gasteiger partial charge is 0.475 e. The molecule has 2 heterocycles. The zero-order valence-electron chi connectivity index (χ0n) is 18.0. The molecule has 0 aliphatic carbocycles.